The highest BCUT2D eigenvalue weighted by molar-refractivity contribution is 5.78. The van der Waals surface area contributed by atoms with Crippen LogP contribution in [0.15, 0.2) is 11.6 Å². The van der Waals surface area contributed by atoms with Crippen molar-refractivity contribution in [3.05, 3.63) is 11.6 Å². The summed E-state index contributed by atoms with van der Waals surface area (Å²) in [5.41, 5.74) is 2.26. The number of amides is 3. The van der Waals surface area contributed by atoms with Crippen molar-refractivity contribution in [3.63, 3.8) is 0 Å². The number of hydrogen-bond acceptors (Lipinski definition) is 3. The number of fused-ring (bicyclic) bond motifs is 5. The average Bonchev–Trinajstić information content (AvgIpc) is 3.24. The van der Waals surface area contributed by atoms with Crippen molar-refractivity contribution in [2.24, 2.45) is 40.4 Å². The molecule has 4 aliphatic carbocycles. The Labute approximate surface area is 231 Å². The fourth-order valence-electron chi connectivity index (χ4n) is 10.1. The number of nitrogens with zero attached hydrogens (tertiary/aromatic N) is 3. The second kappa shape index (κ2) is 10.4. The van der Waals surface area contributed by atoms with Gasteiger partial charge < -0.3 is 19.8 Å². The lowest BCUT2D eigenvalue weighted by Gasteiger charge is -2.58. The van der Waals surface area contributed by atoms with Gasteiger partial charge in [0.15, 0.2) is 0 Å². The van der Waals surface area contributed by atoms with Crippen molar-refractivity contribution in [2.45, 2.75) is 104 Å². The van der Waals surface area contributed by atoms with Gasteiger partial charge in [0.05, 0.1) is 6.10 Å². The van der Waals surface area contributed by atoms with E-state index in [9.17, 15) is 14.7 Å². The Balaban J connectivity index is 1.18. The second-order valence-corrected chi connectivity index (χ2v) is 14.5. The highest BCUT2D eigenvalue weighted by atomic mass is 16.3. The van der Waals surface area contributed by atoms with E-state index in [1.807, 2.05) is 9.80 Å². The molecule has 0 unspecified atom stereocenters. The summed E-state index contributed by atoms with van der Waals surface area (Å²) in [7, 11) is 3.58. The van der Waals surface area contributed by atoms with Crippen LogP contribution in [0.5, 0.6) is 0 Å². The van der Waals surface area contributed by atoms with E-state index in [2.05, 4.69) is 33.8 Å². The normalized spacial score (nSPS) is 41.5. The number of aliphatic hydroxyl groups excluding tert-OH is 1. The molecule has 6 nitrogen and oxygen atoms in total. The van der Waals surface area contributed by atoms with E-state index in [-0.39, 0.29) is 24.1 Å². The Kier molecular flexibility index (Phi) is 7.69. The highest BCUT2D eigenvalue weighted by Crippen LogP contribution is 2.67. The molecule has 3 saturated carbocycles. The van der Waals surface area contributed by atoms with Crippen molar-refractivity contribution in [1.82, 2.24) is 14.7 Å². The standard InChI is InChI=1S/C32H53N3O3/c1-21(7-12-29(37)35-18-17-34(20-22(35)2)30(38)33(5)6)26-10-11-27-25-9-8-23-19-24(36)13-15-31(23,3)28(25)14-16-32(26,27)4/h8,21-22,24-28,36H,7,9-20H2,1-6H3/t21-,22+,24+,25+,26-,27+,28+,31+,32-/m1/s1. The number of hydrogen-bond donors (Lipinski definition) is 1. The Morgan fingerprint density at radius 2 is 1.87 bits per heavy atom. The third kappa shape index (κ3) is 4.71. The van der Waals surface area contributed by atoms with Gasteiger partial charge in [0, 0.05) is 46.2 Å². The van der Waals surface area contributed by atoms with E-state index < -0.39 is 0 Å². The van der Waals surface area contributed by atoms with Crippen molar-refractivity contribution in [3.8, 4) is 0 Å². The molecular weight excluding hydrogens is 474 g/mol. The van der Waals surface area contributed by atoms with Crippen LogP contribution in [0.3, 0.4) is 0 Å². The molecule has 1 N–H and O–H groups in total. The molecule has 0 aromatic rings. The number of carbonyl (C=O) groups is 2. The smallest absolute Gasteiger partial charge is 0.319 e. The van der Waals surface area contributed by atoms with Gasteiger partial charge >= 0.3 is 6.03 Å². The molecule has 38 heavy (non-hydrogen) atoms. The molecule has 0 radical (unpaired) electrons. The molecule has 0 spiro atoms. The number of allylic oxidation sites excluding steroid dienone is 1. The minimum absolute atomic E-state index is 0.0380. The van der Waals surface area contributed by atoms with Crippen LogP contribution >= 0.6 is 0 Å². The van der Waals surface area contributed by atoms with Crippen LogP contribution in [0, 0.1) is 40.4 Å². The first-order chi connectivity index (χ1) is 18.0. The van der Waals surface area contributed by atoms with Crippen LogP contribution in [-0.2, 0) is 4.79 Å². The van der Waals surface area contributed by atoms with Crippen LogP contribution in [0.4, 0.5) is 4.79 Å². The molecule has 0 aromatic carbocycles. The van der Waals surface area contributed by atoms with Gasteiger partial charge in [-0.2, -0.15) is 0 Å². The van der Waals surface area contributed by atoms with E-state index in [0.29, 0.717) is 48.7 Å². The second-order valence-electron chi connectivity index (χ2n) is 14.5. The minimum Gasteiger partial charge on any atom is -0.393 e. The Morgan fingerprint density at radius 3 is 2.58 bits per heavy atom. The zero-order valence-corrected chi connectivity index (χ0v) is 24.9. The van der Waals surface area contributed by atoms with Gasteiger partial charge in [0.2, 0.25) is 5.91 Å². The Bertz CT molecular complexity index is 948. The van der Waals surface area contributed by atoms with Gasteiger partial charge in [-0.15, -0.1) is 0 Å². The number of rotatable bonds is 4. The molecule has 5 aliphatic rings. The largest absolute Gasteiger partial charge is 0.393 e. The van der Waals surface area contributed by atoms with E-state index in [4.69, 9.17) is 0 Å². The van der Waals surface area contributed by atoms with Crippen molar-refractivity contribution in [1.29, 1.82) is 0 Å². The van der Waals surface area contributed by atoms with Gasteiger partial charge in [-0.05, 0) is 105 Å². The first kappa shape index (κ1) is 28.0. The zero-order valence-electron chi connectivity index (χ0n) is 24.9. The molecule has 1 aliphatic heterocycles. The van der Waals surface area contributed by atoms with Crippen LogP contribution < -0.4 is 0 Å². The van der Waals surface area contributed by atoms with Crippen LogP contribution in [0.25, 0.3) is 0 Å². The first-order valence-electron chi connectivity index (χ1n) is 15.6. The van der Waals surface area contributed by atoms with Crippen LogP contribution in [0.1, 0.15) is 91.9 Å². The lowest BCUT2D eigenvalue weighted by atomic mass is 9.47. The van der Waals surface area contributed by atoms with E-state index in [1.165, 1.54) is 32.1 Å². The molecule has 214 valence electrons. The van der Waals surface area contributed by atoms with E-state index in [0.717, 1.165) is 43.4 Å². The zero-order chi connectivity index (χ0) is 27.4. The van der Waals surface area contributed by atoms with E-state index in [1.54, 1.807) is 24.6 Å². The summed E-state index contributed by atoms with van der Waals surface area (Å²) in [6, 6.07) is 0.113. The molecule has 1 saturated heterocycles. The average molecular weight is 528 g/mol. The number of urea groups is 1. The Hall–Kier alpha value is -1.56. The quantitative estimate of drug-likeness (QED) is 0.487. The predicted molar refractivity (Wildman–Crippen MR) is 151 cm³/mol. The molecule has 4 fully saturated rings. The monoisotopic (exact) mass is 527 g/mol. The maximum atomic E-state index is 13.3. The summed E-state index contributed by atoms with van der Waals surface area (Å²) in [4.78, 5) is 31.1. The fraction of sp³-hybridized carbons (Fsp3) is 0.875. The third-order valence-electron chi connectivity index (χ3n) is 12.3. The maximum absolute atomic E-state index is 13.3. The summed E-state index contributed by atoms with van der Waals surface area (Å²) >= 11 is 0. The molecule has 3 amide bonds. The van der Waals surface area contributed by atoms with Gasteiger partial charge in [-0.1, -0.05) is 32.4 Å². The molecule has 9 atom stereocenters. The SMILES string of the molecule is C[C@H](CCC(=O)N1CCN(C(=O)N(C)C)C[C@@H]1C)[C@H]1CC[C@H]2[C@@H]3CC=C4C[C@@H](O)CC[C@]4(C)[C@H]3CC[C@]12C. The number of aliphatic hydroxyl groups is 1. The molecular formula is C32H53N3O3. The summed E-state index contributed by atoms with van der Waals surface area (Å²) in [5.74, 6) is 3.91. The predicted octanol–water partition coefficient (Wildman–Crippen LogP) is 5.56. The lowest BCUT2D eigenvalue weighted by molar-refractivity contribution is -0.135. The Morgan fingerprint density at radius 1 is 1.11 bits per heavy atom. The molecule has 5 rings (SSSR count). The fourth-order valence-corrected chi connectivity index (χ4v) is 10.1. The summed E-state index contributed by atoms with van der Waals surface area (Å²) in [5, 5.41) is 10.3. The lowest BCUT2D eigenvalue weighted by Crippen LogP contribution is -2.57. The van der Waals surface area contributed by atoms with Gasteiger partial charge in [-0.25, -0.2) is 4.79 Å². The van der Waals surface area contributed by atoms with Gasteiger partial charge in [-0.3, -0.25) is 4.79 Å². The molecule has 1 heterocycles. The molecule has 0 aromatic heterocycles. The number of piperazine rings is 1. The highest BCUT2D eigenvalue weighted by Gasteiger charge is 2.59. The maximum Gasteiger partial charge on any atom is 0.319 e. The molecule has 0 bridgehead atoms. The summed E-state index contributed by atoms with van der Waals surface area (Å²) < 4.78 is 0. The van der Waals surface area contributed by atoms with E-state index >= 15 is 0 Å². The van der Waals surface area contributed by atoms with Crippen molar-refractivity contribution < 1.29 is 14.7 Å². The topological polar surface area (TPSA) is 64.1 Å². The molecule has 6 heteroatoms. The number of carbonyl (C=O) groups excluding carboxylic acids is 2. The van der Waals surface area contributed by atoms with Crippen LogP contribution in [-0.4, -0.2) is 77.6 Å². The third-order valence-corrected chi connectivity index (χ3v) is 12.3. The van der Waals surface area contributed by atoms with Gasteiger partial charge in [0.1, 0.15) is 0 Å². The van der Waals surface area contributed by atoms with Crippen molar-refractivity contribution in [2.75, 3.05) is 33.7 Å². The van der Waals surface area contributed by atoms with Gasteiger partial charge in [0.25, 0.3) is 0 Å². The first-order valence-corrected chi connectivity index (χ1v) is 15.6. The summed E-state index contributed by atoms with van der Waals surface area (Å²) in [6.45, 7) is 11.5. The summed E-state index contributed by atoms with van der Waals surface area (Å²) in [6.07, 6.45) is 13.6. The minimum atomic E-state index is -0.133. The van der Waals surface area contributed by atoms with Crippen molar-refractivity contribution >= 4 is 11.9 Å². The van der Waals surface area contributed by atoms with Crippen LogP contribution in [0.2, 0.25) is 0 Å².